The van der Waals surface area contributed by atoms with Crippen LogP contribution in [0.3, 0.4) is 0 Å². The molecule has 2 amide bonds. The van der Waals surface area contributed by atoms with Crippen molar-refractivity contribution in [1.82, 2.24) is 10.2 Å². The van der Waals surface area contributed by atoms with E-state index in [0.29, 0.717) is 0 Å². The van der Waals surface area contributed by atoms with Gasteiger partial charge in [0, 0.05) is 0 Å². The molecule has 2 heterocycles. The van der Waals surface area contributed by atoms with Crippen molar-refractivity contribution in [2.24, 2.45) is 0 Å². The molecule has 2 unspecified atom stereocenters. The minimum Gasteiger partial charge on any atom is -0.306 e. The second-order valence-corrected chi connectivity index (χ2v) is 3.60. The number of nitrogens with one attached hydrogen (secondary N) is 1. The topological polar surface area (TPSA) is 73.2 Å². The molecule has 5 heteroatoms. The monoisotopic (exact) mass is 193 g/mol. The first-order valence-corrected chi connectivity index (χ1v) is 4.73. The number of amides is 2. The SMILES string of the molecule is N#CC1CC(=O)N1C(=O)C1CCCN1. The fraction of sp³-hybridized carbons (Fsp3) is 0.667. The lowest BCUT2D eigenvalue weighted by Crippen LogP contribution is -2.59. The average Bonchev–Trinajstić information content (AvgIpc) is 2.66. The maximum atomic E-state index is 11.7. The smallest absolute Gasteiger partial charge is 0.247 e. The number of likely N-dealkylation sites (tertiary alicyclic amines) is 1. The van der Waals surface area contributed by atoms with Crippen molar-refractivity contribution in [3.63, 3.8) is 0 Å². The van der Waals surface area contributed by atoms with Crippen LogP contribution in [0.15, 0.2) is 0 Å². The Morgan fingerprint density at radius 1 is 1.64 bits per heavy atom. The van der Waals surface area contributed by atoms with E-state index in [1.165, 1.54) is 0 Å². The van der Waals surface area contributed by atoms with Gasteiger partial charge in [-0.05, 0) is 19.4 Å². The fourth-order valence-electron chi connectivity index (χ4n) is 1.86. The molecule has 2 aliphatic heterocycles. The number of imide groups is 1. The van der Waals surface area contributed by atoms with Gasteiger partial charge >= 0.3 is 0 Å². The summed E-state index contributed by atoms with van der Waals surface area (Å²) in [7, 11) is 0. The summed E-state index contributed by atoms with van der Waals surface area (Å²) in [4.78, 5) is 23.9. The Balaban J connectivity index is 2.03. The number of rotatable bonds is 1. The van der Waals surface area contributed by atoms with Crippen LogP contribution in [-0.4, -0.2) is 35.3 Å². The molecule has 0 aromatic heterocycles. The minimum atomic E-state index is -0.530. The first kappa shape index (κ1) is 9.16. The molecule has 0 spiro atoms. The van der Waals surface area contributed by atoms with Crippen molar-refractivity contribution in [1.29, 1.82) is 5.26 Å². The lowest BCUT2D eigenvalue weighted by molar-refractivity contribution is -0.156. The van der Waals surface area contributed by atoms with E-state index in [-0.39, 0.29) is 24.3 Å². The minimum absolute atomic E-state index is 0.189. The second-order valence-electron chi connectivity index (χ2n) is 3.60. The number of nitrogens with zero attached hydrogens (tertiary/aromatic N) is 2. The Hall–Kier alpha value is -1.41. The van der Waals surface area contributed by atoms with E-state index in [9.17, 15) is 9.59 Å². The van der Waals surface area contributed by atoms with Crippen LogP contribution in [0.1, 0.15) is 19.3 Å². The second kappa shape index (κ2) is 3.39. The standard InChI is InChI=1S/C9H11N3O2/c10-5-6-4-8(13)12(6)9(14)7-2-1-3-11-7/h6-7,11H,1-4H2. The highest BCUT2D eigenvalue weighted by Gasteiger charge is 2.43. The van der Waals surface area contributed by atoms with Crippen LogP contribution in [0, 0.1) is 11.3 Å². The number of β-lactam (4-membered cyclic amide) rings is 1. The zero-order valence-electron chi connectivity index (χ0n) is 7.69. The van der Waals surface area contributed by atoms with Gasteiger partial charge in [0.2, 0.25) is 11.8 Å². The molecule has 0 saturated carbocycles. The molecular formula is C9H11N3O2. The highest BCUT2D eigenvalue weighted by molar-refractivity contribution is 6.03. The summed E-state index contributed by atoms with van der Waals surface area (Å²) in [6.07, 6.45) is 1.91. The third-order valence-corrected chi connectivity index (χ3v) is 2.69. The molecule has 1 N–H and O–H groups in total. The van der Waals surface area contributed by atoms with Gasteiger partial charge in [0.15, 0.2) is 0 Å². The Labute approximate surface area is 81.7 Å². The number of carbonyl (C=O) groups excluding carboxylic acids is 2. The molecule has 14 heavy (non-hydrogen) atoms. The first-order valence-electron chi connectivity index (χ1n) is 4.73. The fourth-order valence-corrected chi connectivity index (χ4v) is 1.86. The van der Waals surface area contributed by atoms with E-state index in [1.54, 1.807) is 0 Å². The van der Waals surface area contributed by atoms with E-state index in [0.717, 1.165) is 24.3 Å². The Kier molecular flexibility index (Phi) is 2.22. The summed E-state index contributed by atoms with van der Waals surface area (Å²) in [6.45, 7) is 0.815. The molecule has 5 nitrogen and oxygen atoms in total. The van der Waals surface area contributed by atoms with Crippen LogP contribution in [0.2, 0.25) is 0 Å². The van der Waals surface area contributed by atoms with Crippen molar-refractivity contribution in [3.05, 3.63) is 0 Å². The van der Waals surface area contributed by atoms with Gasteiger partial charge in [0.25, 0.3) is 0 Å². The molecule has 2 fully saturated rings. The number of hydrogen-bond acceptors (Lipinski definition) is 4. The summed E-state index contributed by atoms with van der Waals surface area (Å²) in [5, 5.41) is 11.7. The van der Waals surface area contributed by atoms with Crippen LogP contribution in [0.4, 0.5) is 0 Å². The highest BCUT2D eigenvalue weighted by Crippen LogP contribution is 2.21. The van der Waals surface area contributed by atoms with Gasteiger partial charge in [-0.3, -0.25) is 14.5 Å². The number of nitriles is 1. The molecule has 2 aliphatic rings. The van der Waals surface area contributed by atoms with E-state index in [4.69, 9.17) is 5.26 Å². The van der Waals surface area contributed by atoms with Crippen LogP contribution < -0.4 is 5.32 Å². The van der Waals surface area contributed by atoms with Crippen molar-refractivity contribution in [2.45, 2.75) is 31.3 Å². The zero-order chi connectivity index (χ0) is 10.1. The van der Waals surface area contributed by atoms with E-state index in [2.05, 4.69) is 5.32 Å². The highest BCUT2D eigenvalue weighted by atomic mass is 16.2. The van der Waals surface area contributed by atoms with Crippen molar-refractivity contribution in [3.8, 4) is 6.07 Å². The van der Waals surface area contributed by atoms with E-state index < -0.39 is 6.04 Å². The molecule has 74 valence electrons. The summed E-state index contributed by atoms with van der Waals surface area (Å²) in [5.41, 5.74) is 0. The molecule has 0 aromatic rings. The predicted octanol–water partition coefficient (Wildman–Crippen LogP) is -0.611. The quantitative estimate of drug-likeness (QED) is 0.445. The summed E-state index contributed by atoms with van der Waals surface area (Å²) >= 11 is 0. The van der Waals surface area contributed by atoms with Crippen molar-refractivity contribution < 1.29 is 9.59 Å². The van der Waals surface area contributed by atoms with Gasteiger partial charge in [-0.25, -0.2) is 0 Å². The van der Waals surface area contributed by atoms with Gasteiger partial charge in [-0.1, -0.05) is 0 Å². The normalized spacial score (nSPS) is 31.1. The summed E-state index contributed by atoms with van der Waals surface area (Å²) in [6, 6.07) is 1.16. The van der Waals surface area contributed by atoms with E-state index in [1.807, 2.05) is 6.07 Å². The molecule has 2 atom stereocenters. The Morgan fingerprint density at radius 2 is 2.43 bits per heavy atom. The maximum Gasteiger partial charge on any atom is 0.247 e. The first-order chi connectivity index (χ1) is 6.74. The number of hydrogen-bond donors (Lipinski definition) is 1. The largest absolute Gasteiger partial charge is 0.306 e. The van der Waals surface area contributed by atoms with Gasteiger partial charge in [-0.15, -0.1) is 0 Å². The summed E-state index contributed by atoms with van der Waals surface area (Å²) < 4.78 is 0. The third kappa shape index (κ3) is 1.28. The average molecular weight is 193 g/mol. The molecular weight excluding hydrogens is 182 g/mol. The lowest BCUT2D eigenvalue weighted by Gasteiger charge is -2.35. The molecule has 2 saturated heterocycles. The number of carbonyl (C=O) groups is 2. The third-order valence-electron chi connectivity index (χ3n) is 2.69. The van der Waals surface area contributed by atoms with E-state index >= 15 is 0 Å². The van der Waals surface area contributed by atoms with Crippen LogP contribution in [0.25, 0.3) is 0 Å². The predicted molar refractivity (Wildman–Crippen MR) is 46.9 cm³/mol. The maximum absolute atomic E-state index is 11.7. The molecule has 0 aromatic carbocycles. The van der Waals surface area contributed by atoms with Crippen LogP contribution in [-0.2, 0) is 9.59 Å². The Morgan fingerprint density at radius 3 is 2.93 bits per heavy atom. The van der Waals surface area contributed by atoms with Crippen LogP contribution in [0.5, 0.6) is 0 Å². The zero-order valence-corrected chi connectivity index (χ0v) is 7.69. The van der Waals surface area contributed by atoms with Gasteiger partial charge in [0.1, 0.15) is 6.04 Å². The summed E-state index contributed by atoms with van der Waals surface area (Å²) in [5.74, 6) is -0.458. The Bertz CT molecular complexity index is 315. The van der Waals surface area contributed by atoms with Crippen molar-refractivity contribution >= 4 is 11.8 Å². The molecule has 2 rings (SSSR count). The molecule has 0 radical (unpaired) electrons. The molecule has 0 aliphatic carbocycles. The van der Waals surface area contributed by atoms with Gasteiger partial charge < -0.3 is 5.32 Å². The lowest BCUT2D eigenvalue weighted by atomic mass is 10.0. The molecule has 0 bridgehead atoms. The van der Waals surface area contributed by atoms with Gasteiger partial charge in [-0.2, -0.15) is 5.26 Å². The van der Waals surface area contributed by atoms with Crippen molar-refractivity contribution in [2.75, 3.05) is 6.54 Å². The van der Waals surface area contributed by atoms with Crippen LogP contribution >= 0.6 is 0 Å². The van der Waals surface area contributed by atoms with Gasteiger partial charge in [0.05, 0.1) is 18.5 Å².